The van der Waals surface area contributed by atoms with Gasteiger partial charge in [-0.2, -0.15) is 13.2 Å². The summed E-state index contributed by atoms with van der Waals surface area (Å²) in [5, 5.41) is 0.237. The minimum Gasteiger partial charge on any atom is -0.356 e. The molecule has 38 heavy (non-hydrogen) atoms. The Morgan fingerprint density at radius 2 is 1.87 bits per heavy atom. The quantitative estimate of drug-likeness (QED) is 0.250. The van der Waals surface area contributed by atoms with Crippen molar-refractivity contribution in [3.63, 3.8) is 0 Å². The Hall–Kier alpha value is -4.07. The third-order valence-corrected chi connectivity index (χ3v) is 7.52. The van der Waals surface area contributed by atoms with Gasteiger partial charge in [0, 0.05) is 19.3 Å². The van der Waals surface area contributed by atoms with Crippen molar-refractivity contribution in [1.29, 1.82) is 0 Å². The van der Waals surface area contributed by atoms with Crippen molar-refractivity contribution in [2.24, 2.45) is 0 Å². The van der Waals surface area contributed by atoms with Crippen LogP contribution in [0.2, 0.25) is 0 Å². The third kappa shape index (κ3) is 4.55. The minimum atomic E-state index is -4.82. The predicted octanol–water partition coefficient (Wildman–Crippen LogP) is 4.89. The van der Waals surface area contributed by atoms with Gasteiger partial charge in [-0.25, -0.2) is 27.2 Å². The molecule has 2 heterocycles. The Morgan fingerprint density at radius 3 is 2.55 bits per heavy atom. The number of sulfonamides is 1. The number of halogens is 5. The lowest BCUT2D eigenvalue weighted by Gasteiger charge is -2.18. The third-order valence-electron chi connectivity index (χ3n) is 6.16. The Kier molecular flexibility index (Phi) is 6.09. The average molecular weight is 551 g/mol. The van der Waals surface area contributed by atoms with Gasteiger partial charge in [-0.05, 0) is 43.2 Å². The van der Waals surface area contributed by atoms with E-state index in [1.54, 1.807) is 7.05 Å². The van der Waals surface area contributed by atoms with Gasteiger partial charge in [-0.1, -0.05) is 6.07 Å². The van der Waals surface area contributed by atoms with Gasteiger partial charge in [0.2, 0.25) is 5.78 Å². The lowest BCUT2D eigenvalue weighted by Crippen LogP contribution is -2.21. The highest BCUT2D eigenvalue weighted by Crippen LogP contribution is 2.36. The number of H-pyrrole nitrogens is 1. The summed E-state index contributed by atoms with van der Waals surface area (Å²) < 4.78 is 96.7. The summed E-state index contributed by atoms with van der Waals surface area (Å²) in [7, 11) is -2.97. The first-order valence-electron chi connectivity index (χ1n) is 11.2. The van der Waals surface area contributed by atoms with Gasteiger partial charge in [0.05, 0.1) is 32.7 Å². The van der Waals surface area contributed by atoms with E-state index < -0.39 is 55.3 Å². The van der Waals surface area contributed by atoms with Crippen LogP contribution < -0.4 is 9.62 Å². The zero-order valence-corrected chi connectivity index (χ0v) is 20.3. The maximum absolute atomic E-state index is 15.5. The largest absolute Gasteiger partial charge is 0.416 e. The number of aromatic nitrogens is 3. The van der Waals surface area contributed by atoms with Gasteiger partial charge < -0.3 is 9.88 Å². The van der Waals surface area contributed by atoms with Crippen molar-refractivity contribution in [1.82, 2.24) is 15.0 Å². The van der Waals surface area contributed by atoms with Crippen molar-refractivity contribution in [2.45, 2.75) is 30.0 Å². The van der Waals surface area contributed by atoms with Crippen LogP contribution in [0.25, 0.3) is 11.0 Å². The van der Waals surface area contributed by atoms with Crippen LogP contribution in [0, 0.1) is 11.6 Å². The molecule has 5 rings (SSSR count). The van der Waals surface area contributed by atoms with Crippen LogP contribution in [0.5, 0.6) is 0 Å². The first-order chi connectivity index (χ1) is 17.9. The van der Waals surface area contributed by atoms with Crippen LogP contribution >= 0.6 is 0 Å². The Bertz CT molecular complexity index is 1680. The molecule has 2 N–H and O–H groups in total. The number of hydrogen-bond donors (Lipinski definition) is 2. The number of hydrogen-bond acceptors (Lipinski definition) is 6. The van der Waals surface area contributed by atoms with Crippen LogP contribution in [-0.4, -0.2) is 42.2 Å². The van der Waals surface area contributed by atoms with Crippen molar-refractivity contribution in [3.8, 4) is 0 Å². The Morgan fingerprint density at radius 1 is 1.13 bits per heavy atom. The standard InChI is InChI=1S/C24H18F5N5O3S/c1-34(13-5-6-13)23-18-15(10-30-22(18)31-11-32-23)21(35)19-16(25)7-8-17(20(19)26)33-38(36,37)14-4-2-3-12(9-14)24(27,28)29/h2-4,7-11,13,33H,5-6H2,1H3,(H,30,31,32). The first-order valence-corrected chi connectivity index (χ1v) is 12.6. The fourth-order valence-electron chi connectivity index (χ4n) is 4.05. The van der Waals surface area contributed by atoms with Crippen LogP contribution in [-0.2, 0) is 16.2 Å². The zero-order valence-electron chi connectivity index (χ0n) is 19.5. The van der Waals surface area contributed by atoms with E-state index in [0.717, 1.165) is 31.0 Å². The molecule has 4 aromatic rings. The van der Waals surface area contributed by atoms with E-state index in [1.165, 1.54) is 12.5 Å². The molecular formula is C24H18F5N5O3S. The second-order valence-corrected chi connectivity index (χ2v) is 10.4. The molecule has 1 aliphatic rings. The monoisotopic (exact) mass is 551 g/mol. The highest BCUT2D eigenvalue weighted by molar-refractivity contribution is 7.92. The second kappa shape index (κ2) is 9.04. The summed E-state index contributed by atoms with van der Waals surface area (Å²) in [6, 6.07) is 4.42. The fraction of sp³-hybridized carbons (Fsp3) is 0.208. The van der Waals surface area contributed by atoms with Crippen LogP contribution in [0.4, 0.5) is 33.5 Å². The van der Waals surface area contributed by atoms with E-state index in [9.17, 15) is 30.8 Å². The summed E-state index contributed by atoms with van der Waals surface area (Å²) in [6.07, 6.45) is -0.488. The lowest BCUT2D eigenvalue weighted by atomic mass is 10.0. The number of alkyl halides is 3. The molecule has 2 aromatic carbocycles. The number of nitrogens with zero attached hydrogens (tertiary/aromatic N) is 3. The van der Waals surface area contributed by atoms with Gasteiger partial charge in [-0.3, -0.25) is 9.52 Å². The Balaban J connectivity index is 1.54. The number of ketones is 1. The molecule has 0 aliphatic heterocycles. The van der Waals surface area contributed by atoms with Gasteiger partial charge >= 0.3 is 6.18 Å². The Labute approximate surface area is 212 Å². The number of carbonyl (C=O) groups excluding carboxylic acids is 1. The first kappa shape index (κ1) is 25.6. The van der Waals surface area contributed by atoms with Crippen LogP contribution in [0.15, 0.2) is 53.8 Å². The molecule has 1 fully saturated rings. The van der Waals surface area contributed by atoms with Crippen molar-refractivity contribution in [2.75, 3.05) is 16.7 Å². The van der Waals surface area contributed by atoms with Crippen LogP contribution in [0.1, 0.15) is 34.3 Å². The van der Waals surface area contributed by atoms with E-state index in [1.807, 2.05) is 9.62 Å². The molecule has 198 valence electrons. The molecule has 0 bridgehead atoms. The molecule has 0 saturated heterocycles. The molecule has 0 amide bonds. The van der Waals surface area contributed by atoms with Gasteiger partial charge in [-0.15, -0.1) is 0 Å². The average Bonchev–Trinajstić information content (AvgIpc) is 3.63. The fourth-order valence-corrected chi connectivity index (χ4v) is 5.15. The number of aromatic amines is 1. The molecule has 0 spiro atoms. The molecule has 2 aromatic heterocycles. The number of nitrogens with one attached hydrogen (secondary N) is 2. The number of fused-ring (bicyclic) bond motifs is 1. The molecule has 0 unspecified atom stereocenters. The molecule has 0 atom stereocenters. The zero-order chi connectivity index (χ0) is 27.4. The smallest absolute Gasteiger partial charge is 0.356 e. The number of carbonyl (C=O) groups is 1. The summed E-state index contributed by atoms with van der Waals surface area (Å²) in [6.45, 7) is 0. The summed E-state index contributed by atoms with van der Waals surface area (Å²) in [5.74, 6) is -3.53. The molecule has 1 aliphatic carbocycles. The normalized spacial score (nSPS) is 14.1. The highest BCUT2D eigenvalue weighted by Gasteiger charge is 2.33. The second-order valence-electron chi connectivity index (χ2n) is 8.71. The summed E-state index contributed by atoms with van der Waals surface area (Å²) in [4.78, 5) is 25.5. The molecule has 0 radical (unpaired) electrons. The molecule has 8 nitrogen and oxygen atoms in total. The van der Waals surface area contributed by atoms with E-state index in [0.29, 0.717) is 24.0 Å². The van der Waals surface area contributed by atoms with Crippen LogP contribution in [0.3, 0.4) is 0 Å². The molecule has 1 saturated carbocycles. The lowest BCUT2D eigenvalue weighted by molar-refractivity contribution is -0.137. The minimum absolute atomic E-state index is 0.140. The predicted molar refractivity (Wildman–Crippen MR) is 127 cm³/mol. The maximum atomic E-state index is 15.5. The SMILES string of the molecule is CN(c1ncnc2[nH]cc(C(=O)c3c(F)ccc(NS(=O)(=O)c4cccc(C(F)(F)F)c4)c3F)c12)C1CC1. The van der Waals surface area contributed by atoms with E-state index in [4.69, 9.17) is 0 Å². The number of benzene rings is 2. The van der Waals surface area contributed by atoms with Gasteiger partial charge in [0.25, 0.3) is 10.0 Å². The number of anilines is 2. The van der Waals surface area contributed by atoms with E-state index in [-0.39, 0.29) is 22.6 Å². The summed E-state index contributed by atoms with van der Waals surface area (Å²) in [5.41, 5.74) is -2.99. The van der Waals surface area contributed by atoms with Gasteiger partial charge in [0.1, 0.15) is 23.6 Å². The maximum Gasteiger partial charge on any atom is 0.416 e. The van der Waals surface area contributed by atoms with Gasteiger partial charge in [0.15, 0.2) is 5.82 Å². The molecule has 14 heteroatoms. The number of rotatable bonds is 7. The van der Waals surface area contributed by atoms with Crippen molar-refractivity contribution >= 4 is 38.3 Å². The van der Waals surface area contributed by atoms with E-state index in [2.05, 4.69) is 15.0 Å². The molecular weight excluding hydrogens is 533 g/mol. The summed E-state index contributed by atoms with van der Waals surface area (Å²) >= 11 is 0. The van der Waals surface area contributed by atoms with Crippen molar-refractivity contribution < 1.29 is 35.2 Å². The highest BCUT2D eigenvalue weighted by atomic mass is 32.2. The van der Waals surface area contributed by atoms with E-state index >= 15 is 4.39 Å². The van der Waals surface area contributed by atoms with Crippen molar-refractivity contribution in [3.05, 3.63) is 77.2 Å². The topological polar surface area (TPSA) is 108 Å².